The van der Waals surface area contributed by atoms with E-state index in [9.17, 15) is 22.0 Å². The zero-order valence-corrected chi connectivity index (χ0v) is 16.7. The molecule has 0 aliphatic carbocycles. The average molecular weight is 442 g/mol. The maximum atomic E-state index is 14.4. The summed E-state index contributed by atoms with van der Waals surface area (Å²) in [4.78, 5) is 15.1. The number of primary sulfonamides is 1. The van der Waals surface area contributed by atoms with E-state index in [0.29, 0.717) is 0 Å². The summed E-state index contributed by atoms with van der Waals surface area (Å²) in [6, 6.07) is 5.78. The Morgan fingerprint density at radius 2 is 1.90 bits per heavy atom. The molecule has 0 spiro atoms. The van der Waals surface area contributed by atoms with Crippen molar-refractivity contribution in [2.24, 2.45) is 5.14 Å². The lowest BCUT2D eigenvalue weighted by Crippen LogP contribution is -2.14. The maximum absolute atomic E-state index is 14.4. The summed E-state index contributed by atoms with van der Waals surface area (Å²) in [7, 11) is -3.01. The highest BCUT2D eigenvalue weighted by molar-refractivity contribution is 7.89. The SMILES string of the molecule is COc1nc(-c2c(Cl)ccc(F)c2F)cc2c(S(N)(=O)=O)cc(NC(C)=O)cc12. The lowest BCUT2D eigenvalue weighted by molar-refractivity contribution is -0.114. The number of hydrogen-bond donors (Lipinski definition) is 2. The van der Waals surface area contributed by atoms with Gasteiger partial charge < -0.3 is 10.1 Å². The van der Waals surface area contributed by atoms with Gasteiger partial charge in [0.15, 0.2) is 11.6 Å². The van der Waals surface area contributed by atoms with Gasteiger partial charge in [-0.15, -0.1) is 0 Å². The van der Waals surface area contributed by atoms with Crippen molar-refractivity contribution in [2.45, 2.75) is 11.8 Å². The zero-order chi connectivity index (χ0) is 21.5. The number of nitrogens with two attached hydrogens (primary N) is 1. The summed E-state index contributed by atoms with van der Waals surface area (Å²) in [5, 5.41) is 7.86. The Balaban J connectivity index is 2.44. The standard InChI is InChI=1S/C18H14ClF2N3O4S/c1-8(25)23-9-5-11-10(15(6-9)29(22,26)27)7-14(24-18(11)28-2)16-12(19)3-4-13(20)17(16)21/h3-7H,1-2H3,(H,23,25)(H2,22,26,27). The van der Waals surface area contributed by atoms with Gasteiger partial charge in [0.2, 0.25) is 21.8 Å². The van der Waals surface area contributed by atoms with Crippen LogP contribution in [0.1, 0.15) is 6.92 Å². The molecule has 3 rings (SSSR count). The molecule has 1 heterocycles. The molecule has 1 aromatic heterocycles. The van der Waals surface area contributed by atoms with Crippen molar-refractivity contribution in [1.82, 2.24) is 4.98 Å². The second-order valence-corrected chi connectivity index (χ2v) is 7.97. The number of amides is 1. The van der Waals surface area contributed by atoms with Crippen molar-refractivity contribution < 1.29 is 26.7 Å². The molecule has 0 bridgehead atoms. The highest BCUT2D eigenvalue weighted by Crippen LogP contribution is 2.38. The summed E-state index contributed by atoms with van der Waals surface area (Å²) in [6.07, 6.45) is 0. The summed E-state index contributed by atoms with van der Waals surface area (Å²) < 4.78 is 57.7. The molecule has 0 saturated heterocycles. The van der Waals surface area contributed by atoms with Gasteiger partial charge >= 0.3 is 0 Å². The quantitative estimate of drug-likeness (QED) is 0.602. The largest absolute Gasteiger partial charge is 0.481 e. The Labute approximate surface area is 169 Å². The normalized spacial score (nSPS) is 11.5. The van der Waals surface area contributed by atoms with E-state index in [4.69, 9.17) is 21.5 Å². The molecule has 0 atom stereocenters. The molecule has 152 valence electrons. The minimum atomic E-state index is -4.28. The fourth-order valence-electron chi connectivity index (χ4n) is 2.85. The Kier molecular flexibility index (Phi) is 5.44. The van der Waals surface area contributed by atoms with Crippen LogP contribution in [0.4, 0.5) is 14.5 Å². The fraction of sp³-hybridized carbons (Fsp3) is 0.111. The Hall–Kier alpha value is -2.82. The number of nitrogens with one attached hydrogen (secondary N) is 1. The van der Waals surface area contributed by atoms with Crippen molar-refractivity contribution in [1.29, 1.82) is 0 Å². The molecule has 0 unspecified atom stereocenters. The van der Waals surface area contributed by atoms with Gasteiger partial charge in [-0.3, -0.25) is 4.79 Å². The topological polar surface area (TPSA) is 111 Å². The number of carbonyl (C=O) groups is 1. The minimum absolute atomic E-state index is 0.0307. The van der Waals surface area contributed by atoms with E-state index in [1.54, 1.807) is 0 Å². The summed E-state index contributed by atoms with van der Waals surface area (Å²) in [6.45, 7) is 1.24. The van der Waals surface area contributed by atoms with E-state index < -0.39 is 27.6 Å². The number of hydrogen-bond acceptors (Lipinski definition) is 5. The van der Waals surface area contributed by atoms with Gasteiger partial charge in [0, 0.05) is 23.4 Å². The molecule has 0 aliphatic rings. The molecule has 0 radical (unpaired) electrons. The van der Waals surface area contributed by atoms with E-state index in [2.05, 4.69) is 10.3 Å². The first-order valence-electron chi connectivity index (χ1n) is 8.00. The van der Waals surface area contributed by atoms with E-state index in [-0.39, 0.29) is 43.5 Å². The first-order chi connectivity index (χ1) is 13.5. The van der Waals surface area contributed by atoms with Gasteiger partial charge in [-0.2, -0.15) is 0 Å². The molecule has 3 N–H and O–H groups in total. The number of carbonyl (C=O) groups excluding carboxylic acids is 1. The van der Waals surface area contributed by atoms with Crippen LogP contribution in [0.5, 0.6) is 5.88 Å². The molecular weight excluding hydrogens is 428 g/mol. The maximum Gasteiger partial charge on any atom is 0.238 e. The minimum Gasteiger partial charge on any atom is -0.481 e. The first kappa shape index (κ1) is 20.9. The second kappa shape index (κ2) is 7.54. The van der Waals surface area contributed by atoms with Crippen molar-refractivity contribution in [2.75, 3.05) is 12.4 Å². The Morgan fingerprint density at radius 1 is 1.21 bits per heavy atom. The number of halogens is 3. The second-order valence-electron chi connectivity index (χ2n) is 6.03. The number of methoxy groups -OCH3 is 1. The number of anilines is 1. The average Bonchev–Trinajstić information content (AvgIpc) is 2.62. The summed E-state index contributed by atoms with van der Waals surface area (Å²) >= 11 is 6.02. The van der Waals surface area contributed by atoms with Crippen molar-refractivity contribution in [3.63, 3.8) is 0 Å². The third kappa shape index (κ3) is 4.00. The van der Waals surface area contributed by atoms with Crippen molar-refractivity contribution in [3.05, 3.63) is 47.0 Å². The molecule has 3 aromatic rings. The van der Waals surface area contributed by atoms with Crippen LogP contribution in [0.2, 0.25) is 5.02 Å². The van der Waals surface area contributed by atoms with Crippen LogP contribution in [0.15, 0.2) is 35.2 Å². The number of sulfonamides is 1. The van der Waals surface area contributed by atoms with Crippen LogP contribution >= 0.6 is 11.6 Å². The van der Waals surface area contributed by atoms with Gasteiger partial charge in [0.05, 0.1) is 28.3 Å². The van der Waals surface area contributed by atoms with Crippen LogP contribution in [0.3, 0.4) is 0 Å². The van der Waals surface area contributed by atoms with Gasteiger partial charge in [-0.25, -0.2) is 27.3 Å². The number of pyridine rings is 1. The number of benzene rings is 2. The fourth-order valence-corrected chi connectivity index (χ4v) is 3.86. The molecule has 0 fully saturated rings. The molecule has 11 heteroatoms. The Bertz CT molecular complexity index is 1270. The van der Waals surface area contributed by atoms with E-state index >= 15 is 0 Å². The van der Waals surface area contributed by atoms with Crippen LogP contribution in [0, 0.1) is 11.6 Å². The predicted octanol–water partition coefficient (Wildman–Crippen LogP) is 3.45. The van der Waals surface area contributed by atoms with Crippen molar-refractivity contribution in [3.8, 4) is 17.1 Å². The molecule has 2 aromatic carbocycles. The molecule has 1 amide bonds. The summed E-state index contributed by atoms with van der Waals surface area (Å²) in [5.74, 6) is -2.95. The van der Waals surface area contributed by atoms with E-state index in [1.807, 2.05) is 0 Å². The van der Waals surface area contributed by atoms with Crippen molar-refractivity contribution >= 4 is 44.0 Å². The van der Waals surface area contributed by atoms with E-state index in [0.717, 1.165) is 18.2 Å². The van der Waals surface area contributed by atoms with Gasteiger partial charge in [-0.1, -0.05) is 11.6 Å². The van der Waals surface area contributed by atoms with Gasteiger partial charge in [0.1, 0.15) is 0 Å². The molecule has 0 saturated carbocycles. The Morgan fingerprint density at radius 3 is 2.48 bits per heavy atom. The lowest BCUT2D eigenvalue weighted by atomic mass is 10.1. The highest BCUT2D eigenvalue weighted by Gasteiger charge is 2.22. The highest BCUT2D eigenvalue weighted by atomic mass is 35.5. The predicted molar refractivity (Wildman–Crippen MR) is 104 cm³/mol. The number of nitrogens with zero attached hydrogens (tertiary/aromatic N) is 1. The van der Waals surface area contributed by atoms with Gasteiger partial charge in [0.25, 0.3) is 0 Å². The summed E-state index contributed by atoms with van der Waals surface area (Å²) in [5.41, 5.74) is -0.386. The smallest absolute Gasteiger partial charge is 0.238 e. The molecule has 0 aliphatic heterocycles. The number of rotatable bonds is 4. The molecule has 29 heavy (non-hydrogen) atoms. The lowest BCUT2D eigenvalue weighted by Gasteiger charge is -2.14. The van der Waals surface area contributed by atoms with Crippen LogP contribution in [0.25, 0.3) is 22.0 Å². The van der Waals surface area contributed by atoms with Gasteiger partial charge in [-0.05, 0) is 30.3 Å². The number of ether oxygens (including phenoxy) is 1. The van der Waals surface area contributed by atoms with Crippen LogP contribution < -0.4 is 15.2 Å². The molecular formula is C18H14ClF2N3O4S. The monoisotopic (exact) mass is 441 g/mol. The third-order valence-corrected chi connectivity index (χ3v) is 5.26. The number of aromatic nitrogens is 1. The first-order valence-corrected chi connectivity index (χ1v) is 9.92. The van der Waals surface area contributed by atoms with Crippen LogP contribution in [-0.2, 0) is 14.8 Å². The zero-order valence-electron chi connectivity index (χ0n) is 15.1. The van der Waals surface area contributed by atoms with Crippen LogP contribution in [-0.4, -0.2) is 26.4 Å². The molecule has 7 nitrogen and oxygen atoms in total. The number of fused-ring (bicyclic) bond motifs is 1. The third-order valence-electron chi connectivity index (χ3n) is 4.00. The van der Waals surface area contributed by atoms with E-state index in [1.165, 1.54) is 26.2 Å².